The fraction of sp³-hybridized carbons (Fsp3) is 0.333. The Morgan fingerprint density at radius 2 is 2.15 bits per heavy atom. The first kappa shape index (κ1) is 16.7. The van der Waals surface area contributed by atoms with Crippen molar-refractivity contribution in [3.05, 3.63) is 51.5 Å². The number of amides is 1. The van der Waals surface area contributed by atoms with E-state index in [1.807, 2.05) is 11.4 Å². The molecule has 134 valence electrons. The molecule has 1 amide bonds. The molecule has 26 heavy (non-hydrogen) atoms. The monoisotopic (exact) mass is 369 g/mol. The van der Waals surface area contributed by atoms with Gasteiger partial charge in [-0.3, -0.25) is 9.59 Å². The van der Waals surface area contributed by atoms with E-state index >= 15 is 0 Å². The summed E-state index contributed by atoms with van der Waals surface area (Å²) in [4.78, 5) is 40.4. The maximum Gasteiger partial charge on any atom is 0.268 e. The van der Waals surface area contributed by atoms with Crippen LogP contribution in [-0.2, 0) is 6.54 Å². The quantitative estimate of drug-likeness (QED) is 0.763. The minimum Gasteiger partial charge on any atom is -0.356 e. The minimum absolute atomic E-state index is 0.131. The third-order valence-corrected chi connectivity index (χ3v) is 5.42. The lowest BCUT2D eigenvalue weighted by molar-refractivity contribution is 0.0782. The maximum atomic E-state index is 13.0. The predicted octanol–water partition coefficient (Wildman–Crippen LogP) is 2.25. The van der Waals surface area contributed by atoms with E-state index in [1.54, 1.807) is 30.3 Å². The Morgan fingerprint density at radius 1 is 1.35 bits per heavy atom. The second kappa shape index (κ2) is 6.87. The van der Waals surface area contributed by atoms with Gasteiger partial charge in [-0.1, -0.05) is 0 Å². The number of carbonyl (C=O) groups is 1. The van der Waals surface area contributed by atoms with E-state index in [0.29, 0.717) is 21.6 Å². The molecule has 1 fully saturated rings. The van der Waals surface area contributed by atoms with Crippen molar-refractivity contribution in [2.45, 2.75) is 19.4 Å². The number of fused-ring (bicyclic) bond motifs is 1. The summed E-state index contributed by atoms with van der Waals surface area (Å²) in [6, 6.07) is 5.39. The van der Waals surface area contributed by atoms with E-state index in [2.05, 4.69) is 19.9 Å². The molecule has 3 aromatic rings. The highest BCUT2D eigenvalue weighted by Crippen LogP contribution is 2.23. The van der Waals surface area contributed by atoms with Crippen molar-refractivity contribution in [1.29, 1.82) is 0 Å². The van der Waals surface area contributed by atoms with Crippen LogP contribution < -0.4 is 10.5 Å². The number of thiophene rings is 1. The summed E-state index contributed by atoms with van der Waals surface area (Å²) in [5.41, 5.74) is 1.07. The van der Waals surface area contributed by atoms with Crippen LogP contribution in [0.15, 0.2) is 34.6 Å². The molecule has 7 nitrogen and oxygen atoms in total. The molecule has 0 spiro atoms. The summed E-state index contributed by atoms with van der Waals surface area (Å²) in [6.45, 7) is 2.07. The number of H-pyrrole nitrogens is 1. The number of carbonyl (C=O) groups excluding carboxylic acids is 1. The summed E-state index contributed by atoms with van der Waals surface area (Å²) < 4.78 is 0.603. The van der Waals surface area contributed by atoms with Crippen LogP contribution in [0.25, 0.3) is 10.2 Å². The van der Waals surface area contributed by atoms with Gasteiger partial charge in [-0.05, 0) is 36.4 Å². The first-order valence-electron chi connectivity index (χ1n) is 8.55. The van der Waals surface area contributed by atoms with Gasteiger partial charge in [0.25, 0.3) is 11.5 Å². The number of anilines is 1. The van der Waals surface area contributed by atoms with Gasteiger partial charge in [0.2, 0.25) is 0 Å². The minimum atomic E-state index is -0.167. The van der Waals surface area contributed by atoms with Crippen molar-refractivity contribution in [2.75, 3.05) is 25.0 Å². The van der Waals surface area contributed by atoms with Crippen molar-refractivity contribution in [3.8, 4) is 0 Å². The Bertz CT molecular complexity index is 1010. The summed E-state index contributed by atoms with van der Waals surface area (Å²) in [6.07, 6.45) is 3.95. The molecule has 1 aliphatic rings. The molecule has 4 heterocycles. The predicted molar refractivity (Wildman–Crippen MR) is 102 cm³/mol. The maximum absolute atomic E-state index is 13.0. The number of aromatic nitrogens is 3. The number of aromatic amines is 1. The molecule has 1 saturated heterocycles. The molecule has 0 saturated carbocycles. The summed E-state index contributed by atoms with van der Waals surface area (Å²) >= 11 is 1.36. The first-order valence-corrected chi connectivity index (χ1v) is 9.43. The number of hydrogen-bond acceptors (Lipinski definition) is 6. The summed E-state index contributed by atoms with van der Waals surface area (Å²) in [5.74, 6) is 1.08. The normalized spacial score (nSPS) is 14.1. The standard InChI is InChI=1S/C18H19N5O2S/c1-22(11-14-20-13-6-10-26-15(13)17(24)21-14)18(25)12-5-4-7-19-16(12)23-8-2-3-9-23/h4-7,10H,2-3,8-9,11H2,1H3,(H,20,21,24). The highest BCUT2D eigenvalue weighted by molar-refractivity contribution is 7.17. The van der Waals surface area contributed by atoms with E-state index in [0.717, 1.165) is 31.7 Å². The van der Waals surface area contributed by atoms with Crippen molar-refractivity contribution in [1.82, 2.24) is 19.9 Å². The van der Waals surface area contributed by atoms with Gasteiger partial charge >= 0.3 is 0 Å². The zero-order valence-electron chi connectivity index (χ0n) is 14.4. The Kier molecular flexibility index (Phi) is 4.42. The molecule has 0 bridgehead atoms. The zero-order valence-corrected chi connectivity index (χ0v) is 15.3. The van der Waals surface area contributed by atoms with Crippen molar-refractivity contribution >= 4 is 33.3 Å². The van der Waals surface area contributed by atoms with E-state index < -0.39 is 0 Å². The third kappa shape index (κ3) is 3.08. The molecular formula is C18H19N5O2S. The molecule has 0 aliphatic carbocycles. The molecular weight excluding hydrogens is 350 g/mol. The van der Waals surface area contributed by atoms with Crippen molar-refractivity contribution in [3.63, 3.8) is 0 Å². The van der Waals surface area contributed by atoms with Crippen LogP contribution in [0.1, 0.15) is 29.0 Å². The van der Waals surface area contributed by atoms with Crippen LogP contribution in [-0.4, -0.2) is 45.9 Å². The molecule has 0 radical (unpaired) electrons. The van der Waals surface area contributed by atoms with E-state index in [9.17, 15) is 9.59 Å². The Hall–Kier alpha value is -2.74. The average Bonchev–Trinajstić information content (AvgIpc) is 3.33. The Morgan fingerprint density at radius 3 is 2.96 bits per heavy atom. The molecule has 0 atom stereocenters. The second-order valence-electron chi connectivity index (χ2n) is 6.38. The SMILES string of the molecule is CN(Cc1nc2ccsc2c(=O)[nH]1)C(=O)c1cccnc1N1CCCC1. The lowest BCUT2D eigenvalue weighted by atomic mass is 10.2. The van der Waals surface area contributed by atoms with Crippen molar-refractivity contribution < 1.29 is 4.79 Å². The highest BCUT2D eigenvalue weighted by atomic mass is 32.1. The van der Waals surface area contributed by atoms with Gasteiger partial charge in [-0.2, -0.15) is 0 Å². The first-order chi connectivity index (χ1) is 12.6. The van der Waals surface area contributed by atoms with Crippen LogP contribution in [0.3, 0.4) is 0 Å². The number of hydrogen-bond donors (Lipinski definition) is 1. The van der Waals surface area contributed by atoms with Crippen LogP contribution >= 0.6 is 11.3 Å². The number of rotatable bonds is 4. The average molecular weight is 369 g/mol. The van der Waals surface area contributed by atoms with Gasteiger partial charge in [-0.15, -0.1) is 11.3 Å². The molecule has 8 heteroatoms. The fourth-order valence-electron chi connectivity index (χ4n) is 3.24. The fourth-order valence-corrected chi connectivity index (χ4v) is 3.97. The lowest BCUT2D eigenvalue weighted by Gasteiger charge is -2.22. The molecule has 1 aliphatic heterocycles. The van der Waals surface area contributed by atoms with Crippen LogP contribution in [0, 0.1) is 0 Å². The highest BCUT2D eigenvalue weighted by Gasteiger charge is 2.23. The zero-order chi connectivity index (χ0) is 18.1. The largest absolute Gasteiger partial charge is 0.356 e. The van der Waals surface area contributed by atoms with Gasteiger partial charge in [0.1, 0.15) is 16.3 Å². The van der Waals surface area contributed by atoms with E-state index in [1.165, 1.54) is 11.3 Å². The van der Waals surface area contributed by atoms with Gasteiger partial charge < -0.3 is 14.8 Å². The van der Waals surface area contributed by atoms with Crippen LogP contribution in [0.5, 0.6) is 0 Å². The van der Waals surface area contributed by atoms with Gasteiger partial charge in [-0.25, -0.2) is 9.97 Å². The third-order valence-electron chi connectivity index (χ3n) is 4.52. The summed E-state index contributed by atoms with van der Waals surface area (Å²) in [7, 11) is 1.71. The van der Waals surface area contributed by atoms with E-state index in [4.69, 9.17) is 0 Å². The molecule has 0 unspecified atom stereocenters. The topological polar surface area (TPSA) is 82.2 Å². The molecule has 0 aromatic carbocycles. The van der Waals surface area contributed by atoms with Gasteiger partial charge in [0, 0.05) is 26.3 Å². The Balaban J connectivity index is 1.59. The van der Waals surface area contributed by atoms with Gasteiger partial charge in [0.15, 0.2) is 0 Å². The second-order valence-corrected chi connectivity index (χ2v) is 7.29. The number of nitrogens with zero attached hydrogens (tertiary/aromatic N) is 4. The smallest absolute Gasteiger partial charge is 0.268 e. The van der Waals surface area contributed by atoms with Crippen molar-refractivity contribution in [2.24, 2.45) is 0 Å². The van der Waals surface area contributed by atoms with Crippen LogP contribution in [0.2, 0.25) is 0 Å². The molecule has 3 aromatic heterocycles. The summed E-state index contributed by atoms with van der Waals surface area (Å²) in [5, 5.41) is 1.84. The van der Waals surface area contributed by atoms with E-state index in [-0.39, 0.29) is 18.0 Å². The number of pyridine rings is 1. The lowest BCUT2D eigenvalue weighted by Crippen LogP contribution is -2.31. The number of nitrogens with one attached hydrogen (secondary N) is 1. The molecule has 4 rings (SSSR count). The van der Waals surface area contributed by atoms with Gasteiger partial charge in [0.05, 0.1) is 17.6 Å². The Labute approximate surface area is 154 Å². The van der Waals surface area contributed by atoms with Crippen LogP contribution in [0.4, 0.5) is 5.82 Å². The molecule has 1 N–H and O–H groups in total.